The summed E-state index contributed by atoms with van der Waals surface area (Å²) in [7, 11) is 2.19. The summed E-state index contributed by atoms with van der Waals surface area (Å²) >= 11 is 0. The fourth-order valence-electron chi connectivity index (χ4n) is 3.97. The molecule has 3 rings (SSSR count). The zero-order chi connectivity index (χ0) is 18.5. The molecule has 0 saturated carbocycles. The number of hydrogen-bond acceptors (Lipinski definition) is 7. The molecule has 2 fully saturated rings. The van der Waals surface area contributed by atoms with Crippen LogP contribution in [0, 0.1) is 11.8 Å². The molecule has 2 N–H and O–H groups in total. The van der Waals surface area contributed by atoms with Crippen molar-refractivity contribution in [3.63, 3.8) is 0 Å². The summed E-state index contributed by atoms with van der Waals surface area (Å²) in [4.78, 5) is 16.2. The summed E-state index contributed by atoms with van der Waals surface area (Å²) in [5.41, 5.74) is 1.14. The van der Waals surface area contributed by atoms with Crippen LogP contribution in [0.25, 0.3) is 0 Å². The lowest BCUT2D eigenvalue weighted by molar-refractivity contribution is 0.116. The number of nitrogens with one attached hydrogen (secondary N) is 1. The minimum Gasteiger partial charge on any atom is -0.396 e. The Labute approximate surface area is 157 Å². The molecule has 7 nitrogen and oxygen atoms in total. The van der Waals surface area contributed by atoms with Crippen LogP contribution in [0.1, 0.15) is 19.4 Å². The van der Waals surface area contributed by atoms with Crippen LogP contribution in [0.15, 0.2) is 12.4 Å². The number of aliphatic hydroxyl groups excluding tert-OH is 1. The van der Waals surface area contributed by atoms with Crippen LogP contribution in [0.2, 0.25) is 0 Å². The molecule has 0 aliphatic carbocycles. The van der Waals surface area contributed by atoms with E-state index in [-0.39, 0.29) is 6.61 Å². The lowest BCUT2D eigenvalue weighted by atomic mass is 9.96. The van der Waals surface area contributed by atoms with Gasteiger partial charge < -0.3 is 20.2 Å². The largest absolute Gasteiger partial charge is 0.396 e. The van der Waals surface area contributed by atoms with Crippen LogP contribution in [-0.4, -0.2) is 95.3 Å². The van der Waals surface area contributed by atoms with E-state index in [1.54, 1.807) is 0 Å². The lowest BCUT2D eigenvalue weighted by Crippen LogP contribution is -2.47. The molecule has 0 aromatic carbocycles. The molecule has 146 valence electrons. The molecule has 2 aliphatic rings. The first-order chi connectivity index (χ1) is 12.5. The minimum atomic E-state index is 0.280. The fourth-order valence-corrected chi connectivity index (χ4v) is 3.97. The molecule has 1 aromatic heterocycles. The third kappa shape index (κ3) is 5.36. The Morgan fingerprint density at radius 2 is 1.73 bits per heavy atom. The predicted octanol–water partition coefficient (Wildman–Crippen LogP) is 0.585. The Hall–Kier alpha value is -1.28. The standard InChI is InChI=1S/C19H34N6O/c1-15(2)22-19-20-8-16(9-21-19)10-25-12-17(18(13-25)14-26)11-24-6-4-23(3)5-7-24/h8-9,15,17-18,26H,4-7,10-14H2,1-3H3,(H,20,21,22)/t17-,18-/m1/s1. The van der Waals surface area contributed by atoms with Gasteiger partial charge in [-0.25, -0.2) is 9.97 Å². The maximum atomic E-state index is 9.83. The van der Waals surface area contributed by atoms with Gasteiger partial charge in [-0.2, -0.15) is 0 Å². The van der Waals surface area contributed by atoms with E-state index in [4.69, 9.17) is 0 Å². The van der Waals surface area contributed by atoms with Gasteiger partial charge in [-0.15, -0.1) is 0 Å². The predicted molar refractivity (Wildman–Crippen MR) is 104 cm³/mol. The van der Waals surface area contributed by atoms with Crippen molar-refractivity contribution >= 4 is 5.95 Å². The molecule has 2 atom stereocenters. The normalized spacial score (nSPS) is 25.9. The fraction of sp³-hybridized carbons (Fsp3) is 0.789. The van der Waals surface area contributed by atoms with Gasteiger partial charge >= 0.3 is 0 Å². The first-order valence-electron chi connectivity index (χ1n) is 9.85. The second kappa shape index (κ2) is 9.08. The highest BCUT2D eigenvalue weighted by Gasteiger charge is 2.33. The third-order valence-corrected chi connectivity index (χ3v) is 5.50. The van der Waals surface area contributed by atoms with E-state index < -0.39 is 0 Å². The topological polar surface area (TPSA) is 67.8 Å². The van der Waals surface area contributed by atoms with E-state index >= 15 is 0 Å². The van der Waals surface area contributed by atoms with E-state index in [0.29, 0.717) is 23.8 Å². The minimum absolute atomic E-state index is 0.280. The Kier molecular flexibility index (Phi) is 6.80. The number of aliphatic hydroxyl groups is 1. The number of likely N-dealkylation sites (N-methyl/N-ethyl adjacent to an activating group) is 1. The SMILES string of the molecule is CC(C)Nc1ncc(CN2C[C@@H](CN3CCN(C)CC3)[C@@H](CO)C2)cn1. The second-order valence-corrected chi connectivity index (χ2v) is 8.21. The molecule has 26 heavy (non-hydrogen) atoms. The Morgan fingerprint density at radius 3 is 2.35 bits per heavy atom. The highest BCUT2D eigenvalue weighted by Crippen LogP contribution is 2.26. The summed E-state index contributed by atoms with van der Waals surface area (Å²) in [5, 5.41) is 13.0. The second-order valence-electron chi connectivity index (χ2n) is 8.21. The van der Waals surface area contributed by atoms with E-state index in [1.165, 1.54) is 0 Å². The maximum absolute atomic E-state index is 9.83. The maximum Gasteiger partial charge on any atom is 0.222 e. The van der Waals surface area contributed by atoms with Crippen molar-refractivity contribution < 1.29 is 5.11 Å². The number of anilines is 1. The first-order valence-corrected chi connectivity index (χ1v) is 9.85. The van der Waals surface area contributed by atoms with Crippen LogP contribution in [0.4, 0.5) is 5.95 Å². The Bertz CT molecular complexity index is 543. The summed E-state index contributed by atoms with van der Waals surface area (Å²) in [6.07, 6.45) is 3.83. The molecule has 2 aliphatic heterocycles. The van der Waals surface area contributed by atoms with Crippen molar-refractivity contribution in [2.24, 2.45) is 11.8 Å². The van der Waals surface area contributed by atoms with Crippen LogP contribution >= 0.6 is 0 Å². The van der Waals surface area contributed by atoms with Crippen molar-refractivity contribution in [1.82, 2.24) is 24.7 Å². The Balaban J connectivity index is 1.51. The van der Waals surface area contributed by atoms with Gasteiger partial charge in [0.25, 0.3) is 0 Å². The molecular weight excluding hydrogens is 328 g/mol. The average molecular weight is 363 g/mol. The number of nitrogens with zero attached hydrogens (tertiary/aromatic N) is 5. The molecular formula is C19H34N6O. The molecule has 0 amide bonds. The van der Waals surface area contributed by atoms with Gasteiger partial charge in [0.2, 0.25) is 5.95 Å². The van der Waals surface area contributed by atoms with Gasteiger partial charge in [0.05, 0.1) is 0 Å². The van der Waals surface area contributed by atoms with E-state index in [9.17, 15) is 5.11 Å². The highest BCUT2D eigenvalue weighted by atomic mass is 16.3. The van der Waals surface area contributed by atoms with Gasteiger partial charge in [0, 0.05) is 83.0 Å². The van der Waals surface area contributed by atoms with E-state index in [0.717, 1.165) is 57.9 Å². The molecule has 3 heterocycles. The van der Waals surface area contributed by atoms with E-state index in [1.807, 2.05) is 12.4 Å². The van der Waals surface area contributed by atoms with Crippen molar-refractivity contribution in [2.45, 2.75) is 26.4 Å². The summed E-state index contributed by atoms with van der Waals surface area (Å²) < 4.78 is 0. The molecule has 0 bridgehead atoms. The average Bonchev–Trinajstić information content (AvgIpc) is 2.99. The Morgan fingerprint density at radius 1 is 1.08 bits per heavy atom. The quantitative estimate of drug-likeness (QED) is 0.736. The van der Waals surface area contributed by atoms with Gasteiger partial charge in [0.1, 0.15) is 0 Å². The molecule has 2 saturated heterocycles. The summed E-state index contributed by atoms with van der Waals surface area (Å²) in [6.45, 7) is 13.0. The first kappa shape index (κ1) is 19.5. The zero-order valence-electron chi connectivity index (χ0n) is 16.4. The number of aromatic nitrogens is 2. The van der Waals surface area contributed by atoms with E-state index in [2.05, 4.69) is 50.9 Å². The molecule has 0 radical (unpaired) electrons. The number of hydrogen-bond donors (Lipinski definition) is 2. The summed E-state index contributed by atoms with van der Waals surface area (Å²) in [6, 6.07) is 0.333. The molecule has 7 heteroatoms. The van der Waals surface area contributed by atoms with Crippen molar-refractivity contribution in [2.75, 3.05) is 64.8 Å². The summed E-state index contributed by atoms with van der Waals surface area (Å²) in [5.74, 6) is 1.61. The van der Waals surface area contributed by atoms with Gasteiger partial charge in [-0.1, -0.05) is 0 Å². The number of piperazine rings is 1. The van der Waals surface area contributed by atoms with Crippen LogP contribution in [0.3, 0.4) is 0 Å². The monoisotopic (exact) mass is 362 g/mol. The van der Waals surface area contributed by atoms with Crippen molar-refractivity contribution in [1.29, 1.82) is 0 Å². The van der Waals surface area contributed by atoms with Crippen LogP contribution in [0.5, 0.6) is 0 Å². The highest BCUT2D eigenvalue weighted by molar-refractivity contribution is 5.25. The van der Waals surface area contributed by atoms with Crippen molar-refractivity contribution in [3.05, 3.63) is 18.0 Å². The third-order valence-electron chi connectivity index (χ3n) is 5.50. The van der Waals surface area contributed by atoms with Crippen LogP contribution in [-0.2, 0) is 6.54 Å². The molecule has 0 unspecified atom stereocenters. The smallest absolute Gasteiger partial charge is 0.222 e. The van der Waals surface area contributed by atoms with Crippen molar-refractivity contribution in [3.8, 4) is 0 Å². The van der Waals surface area contributed by atoms with Gasteiger partial charge in [-0.05, 0) is 32.7 Å². The van der Waals surface area contributed by atoms with Gasteiger partial charge in [-0.3, -0.25) is 4.90 Å². The number of likely N-dealkylation sites (tertiary alicyclic amines) is 1. The van der Waals surface area contributed by atoms with Gasteiger partial charge in [0.15, 0.2) is 0 Å². The lowest BCUT2D eigenvalue weighted by Gasteiger charge is -2.34. The number of rotatable bonds is 7. The van der Waals surface area contributed by atoms with Crippen LogP contribution < -0.4 is 5.32 Å². The molecule has 1 aromatic rings. The zero-order valence-corrected chi connectivity index (χ0v) is 16.4. The molecule has 0 spiro atoms.